The van der Waals surface area contributed by atoms with Crippen LogP contribution < -0.4 is 25.3 Å². The van der Waals surface area contributed by atoms with Crippen molar-refractivity contribution in [2.75, 3.05) is 32.4 Å². The third kappa shape index (κ3) is 3.28. The van der Waals surface area contributed by atoms with Crippen molar-refractivity contribution in [1.29, 1.82) is 0 Å². The number of nitrogen functional groups attached to an aromatic ring is 1. The number of hydrogen-bond acceptors (Lipinski definition) is 6. The number of hydrogen-bond donors (Lipinski definition) is 2. The normalized spacial score (nSPS) is 11.1. The summed E-state index contributed by atoms with van der Waals surface area (Å²) in [6.07, 6.45) is 0. The number of methoxy groups -OCH3 is 3. The van der Waals surface area contributed by atoms with Crippen molar-refractivity contribution >= 4 is 28.4 Å². The lowest BCUT2D eigenvalue weighted by atomic mass is 10.0. The smallest absolute Gasteiger partial charge is 0.208 e. The van der Waals surface area contributed by atoms with Crippen molar-refractivity contribution in [3.8, 4) is 17.2 Å². The lowest BCUT2D eigenvalue weighted by Gasteiger charge is -2.17. The van der Waals surface area contributed by atoms with Gasteiger partial charge in [-0.1, -0.05) is 19.9 Å². The molecule has 0 spiro atoms. The Balaban J connectivity index is 2.21. The van der Waals surface area contributed by atoms with Gasteiger partial charge in [-0.25, -0.2) is 4.98 Å². The monoisotopic (exact) mass is 384 g/mol. The predicted molar refractivity (Wildman–Crippen MR) is 113 cm³/mol. The number of ether oxygens (including phenoxy) is 3. The summed E-state index contributed by atoms with van der Waals surface area (Å²) in [5.74, 6) is 2.86. The van der Waals surface area contributed by atoms with Crippen molar-refractivity contribution in [3.63, 3.8) is 0 Å². The molecular formula is C21H28N4O3. The maximum Gasteiger partial charge on any atom is 0.208 e. The molecule has 0 radical (unpaired) electrons. The van der Waals surface area contributed by atoms with E-state index in [2.05, 4.69) is 30.7 Å². The fourth-order valence-corrected chi connectivity index (χ4v) is 3.39. The Kier molecular flexibility index (Phi) is 5.53. The summed E-state index contributed by atoms with van der Waals surface area (Å²) in [6, 6.07) is 7.60. The largest absolute Gasteiger partial charge is 0.496 e. The average molecular weight is 384 g/mol. The lowest BCUT2D eigenvalue weighted by molar-refractivity contribution is 0.378. The van der Waals surface area contributed by atoms with Crippen molar-refractivity contribution in [1.82, 2.24) is 9.55 Å². The van der Waals surface area contributed by atoms with Crippen LogP contribution in [0.15, 0.2) is 24.3 Å². The summed E-state index contributed by atoms with van der Waals surface area (Å²) in [4.78, 5) is 4.88. The third-order valence-electron chi connectivity index (χ3n) is 4.85. The number of aromatic nitrogens is 2. The number of aryl methyl sites for hydroxylation is 1. The van der Waals surface area contributed by atoms with E-state index in [9.17, 15) is 0 Å². The summed E-state index contributed by atoms with van der Waals surface area (Å²) in [6.45, 7) is 7.08. The second-order valence-corrected chi connectivity index (χ2v) is 6.81. The molecule has 0 bridgehead atoms. The molecule has 3 aromatic rings. The quantitative estimate of drug-likeness (QED) is 0.582. The van der Waals surface area contributed by atoms with E-state index >= 15 is 0 Å². The molecular weight excluding hydrogens is 356 g/mol. The van der Waals surface area contributed by atoms with Gasteiger partial charge in [0.05, 0.1) is 38.1 Å². The van der Waals surface area contributed by atoms with Crippen molar-refractivity contribution in [2.24, 2.45) is 0 Å². The Morgan fingerprint density at radius 1 is 1.07 bits per heavy atom. The summed E-state index contributed by atoms with van der Waals surface area (Å²) in [5.41, 5.74) is 10.7. The third-order valence-corrected chi connectivity index (χ3v) is 4.85. The van der Waals surface area contributed by atoms with E-state index in [0.717, 1.165) is 16.6 Å². The van der Waals surface area contributed by atoms with Crippen LogP contribution in [0.5, 0.6) is 17.2 Å². The van der Waals surface area contributed by atoms with Crippen LogP contribution in [0.1, 0.15) is 32.3 Å². The number of fused-ring (bicyclic) bond motifs is 1. The number of benzene rings is 2. The average Bonchev–Trinajstić information content (AvgIpc) is 3.06. The van der Waals surface area contributed by atoms with Crippen molar-refractivity contribution < 1.29 is 14.2 Å². The molecule has 0 amide bonds. The Morgan fingerprint density at radius 3 is 2.21 bits per heavy atom. The molecule has 3 N–H and O–H groups in total. The molecule has 3 rings (SSSR count). The van der Waals surface area contributed by atoms with Gasteiger partial charge in [-0.05, 0) is 24.5 Å². The number of nitrogens with two attached hydrogens (primary N) is 1. The van der Waals surface area contributed by atoms with E-state index in [1.165, 1.54) is 0 Å². The Bertz CT molecular complexity index is 970. The zero-order valence-corrected chi connectivity index (χ0v) is 17.3. The molecule has 1 heterocycles. The minimum absolute atomic E-state index is 0.334. The highest BCUT2D eigenvalue weighted by atomic mass is 16.5. The fourth-order valence-electron chi connectivity index (χ4n) is 3.39. The molecule has 150 valence electrons. The van der Waals surface area contributed by atoms with E-state index < -0.39 is 0 Å². The number of nitrogens with zero attached hydrogens (tertiary/aromatic N) is 2. The minimum atomic E-state index is 0.334. The van der Waals surface area contributed by atoms with Crippen LogP contribution in [0.4, 0.5) is 17.3 Å². The molecule has 0 fully saturated rings. The minimum Gasteiger partial charge on any atom is -0.496 e. The van der Waals surface area contributed by atoms with Gasteiger partial charge in [0.15, 0.2) is 0 Å². The maximum absolute atomic E-state index is 6.30. The summed E-state index contributed by atoms with van der Waals surface area (Å²) >= 11 is 0. The van der Waals surface area contributed by atoms with E-state index in [0.29, 0.717) is 47.0 Å². The van der Waals surface area contributed by atoms with Gasteiger partial charge >= 0.3 is 0 Å². The number of rotatable bonds is 7. The molecule has 1 aromatic heterocycles. The first-order chi connectivity index (χ1) is 13.4. The summed E-state index contributed by atoms with van der Waals surface area (Å²) in [7, 11) is 4.82. The number of anilines is 3. The first kappa shape index (κ1) is 19.7. The van der Waals surface area contributed by atoms with Crippen molar-refractivity contribution in [2.45, 2.75) is 33.2 Å². The van der Waals surface area contributed by atoms with Gasteiger partial charge in [0.25, 0.3) is 0 Å². The van der Waals surface area contributed by atoms with E-state index in [1.54, 1.807) is 33.5 Å². The first-order valence-corrected chi connectivity index (χ1v) is 9.30. The molecule has 0 unspecified atom stereocenters. The van der Waals surface area contributed by atoms with Gasteiger partial charge in [-0.2, -0.15) is 0 Å². The second-order valence-electron chi connectivity index (χ2n) is 6.81. The fraction of sp³-hybridized carbons (Fsp3) is 0.381. The standard InChI is InChI=1S/C21H28N4O3/c1-7-25-20-15(22)9-8-14(12(2)3)18(20)23-21(25)24-19-16(27-5)10-13(26-4)11-17(19)28-6/h8-12H,7,22H2,1-6H3,(H,23,24). The van der Waals surface area contributed by atoms with Crippen LogP contribution >= 0.6 is 0 Å². The Morgan fingerprint density at radius 2 is 1.71 bits per heavy atom. The van der Waals surface area contributed by atoms with Gasteiger partial charge in [0.2, 0.25) is 5.95 Å². The predicted octanol–water partition coefficient (Wildman–Crippen LogP) is 4.53. The first-order valence-electron chi connectivity index (χ1n) is 9.30. The van der Waals surface area contributed by atoms with Crippen LogP contribution in [0, 0.1) is 0 Å². The molecule has 7 heteroatoms. The van der Waals surface area contributed by atoms with Crippen LogP contribution in [0.3, 0.4) is 0 Å². The second kappa shape index (κ2) is 7.88. The van der Waals surface area contributed by atoms with Gasteiger partial charge in [-0.15, -0.1) is 0 Å². The number of imidazole rings is 1. The molecule has 0 aliphatic rings. The topological polar surface area (TPSA) is 83.6 Å². The zero-order chi connectivity index (χ0) is 20.4. The van der Waals surface area contributed by atoms with Gasteiger partial charge in [0, 0.05) is 18.7 Å². The van der Waals surface area contributed by atoms with Crippen LogP contribution in [0.2, 0.25) is 0 Å². The summed E-state index contributed by atoms with van der Waals surface area (Å²) < 4.78 is 18.5. The zero-order valence-electron chi connectivity index (χ0n) is 17.3. The van der Waals surface area contributed by atoms with Crippen LogP contribution in [-0.4, -0.2) is 30.9 Å². The molecule has 2 aromatic carbocycles. The highest BCUT2D eigenvalue weighted by Gasteiger charge is 2.20. The summed E-state index contributed by atoms with van der Waals surface area (Å²) in [5, 5.41) is 3.39. The van der Waals surface area contributed by atoms with Gasteiger partial charge in [-0.3, -0.25) is 0 Å². The molecule has 7 nitrogen and oxygen atoms in total. The lowest BCUT2D eigenvalue weighted by Crippen LogP contribution is -2.06. The van der Waals surface area contributed by atoms with E-state index in [1.807, 2.05) is 12.1 Å². The molecule has 0 aliphatic heterocycles. The van der Waals surface area contributed by atoms with E-state index in [4.69, 9.17) is 24.9 Å². The Labute approximate surface area is 165 Å². The number of nitrogens with one attached hydrogen (secondary N) is 1. The van der Waals surface area contributed by atoms with Gasteiger partial charge < -0.3 is 29.8 Å². The Hall–Kier alpha value is -3.09. The molecule has 0 saturated heterocycles. The van der Waals surface area contributed by atoms with Crippen molar-refractivity contribution in [3.05, 3.63) is 29.8 Å². The molecule has 28 heavy (non-hydrogen) atoms. The maximum atomic E-state index is 6.30. The highest BCUT2D eigenvalue weighted by Crippen LogP contribution is 2.41. The molecule has 0 atom stereocenters. The van der Waals surface area contributed by atoms with E-state index in [-0.39, 0.29) is 0 Å². The highest BCUT2D eigenvalue weighted by molar-refractivity contribution is 5.93. The molecule has 0 aliphatic carbocycles. The van der Waals surface area contributed by atoms with Gasteiger partial charge in [0.1, 0.15) is 22.9 Å². The van der Waals surface area contributed by atoms with Crippen LogP contribution in [0.25, 0.3) is 11.0 Å². The van der Waals surface area contributed by atoms with Crippen LogP contribution in [-0.2, 0) is 6.54 Å². The molecule has 0 saturated carbocycles. The SMILES string of the molecule is CCn1c(Nc2c(OC)cc(OC)cc2OC)nc2c(C(C)C)ccc(N)c21.